The lowest BCUT2D eigenvalue weighted by Gasteiger charge is -2.09. The zero-order valence-electron chi connectivity index (χ0n) is 14.2. The Morgan fingerprint density at radius 1 is 0.833 bits per heavy atom. The van der Waals surface area contributed by atoms with Crippen LogP contribution in [0.1, 0.15) is 47.3 Å². The summed E-state index contributed by atoms with van der Waals surface area (Å²) < 4.78 is 9.99. The third-order valence-electron chi connectivity index (χ3n) is 3.49. The molecule has 0 spiro atoms. The fraction of sp³-hybridized carbons (Fsp3) is 0.316. The second-order valence-electron chi connectivity index (χ2n) is 5.12. The van der Waals surface area contributed by atoms with Gasteiger partial charge in [0, 0.05) is 0 Å². The predicted molar refractivity (Wildman–Crippen MR) is 91.0 cm³/mol. The van der Waals surface area contributed by atoms with Gasteiger partial charge in [0.05, 0.1) is 13.2 Å². The van der Waals surface area contributed by atoms with Crippen LogP contribution in [0.3, 0.4) is 0 Å². The lowest BCUT2D eigenvalue weighted by molar-refractivity contribution is 0.0511. The van der Waals surface area contributed by atoms with Gasteiger partial charge in [-0.05, 0) is 49.1 Å². The van der Waals surface area contributed by atoms with Gasteiger partial charge in [-0.1, -0.05) is 31.2 Å². The summed E-state index contributed by atoms with van der Waals surface area (Å²) in [5.74, 6) is -1.12. The Labute approximate surface area is 141 Å². The molecule has 0 fully saturated rings. The van der Waals surface area contributed by atoms with Crippen LogP contribution in [0.5, 0.6) is 0 Å². The summed E-state index contributed by atoms with van der Waals surface area (Å²) in [5, 5.41) is 0. The van der Waals surface area contributed by atoms with E-state index in [-0.39, 0.29) is 24.6 Å². The maximum atomic E-state index is 12.0. The minimum Gasteiger partial charge on any atom is -0.461 e. The summed E-state index contributed by atoms with van der Waals surface area (Å²) in [5.41, 5.74) is 3.02. The molecule has 126 valence electrons. The minimum atomic E-state index is -0.560. The number of aryl methyl sites for hydroxylation is 1. The van der Waals surface area contributed by atoms with Gasteiger partial charge in [-0.3, -0.25) is 0 Å². The van der Waals surface area contributed by atoms with Gasteiger partial charge in [0.2, 0.25) is 0 Å². The molecule has 0 aliphatic heterocycles. The molecule has 2 aromatic rings. The van der Waals surface area contributed by atoms with E-state index in [9.17, 15) is 9.59 Å². The fourth-order valence-corrected chi connectivity index (χ4v) is 2.25. The molecule has 0 amide bonds. The normalized spacial score (nSPS) is 10.3. The number of nitrogens with zero attached hydrogens (tertiary/aromatic N) is 1. The van der Waals surface area contributed by atoms with Crippen LogP contribution in [0.15, 0.2) is 36.4 Å². The van der Waals surface area contributed by atoms with E-state index in [1.54, 1.807) is 26.0 Å². The second kappa shape index (κ2) is 8.24. The molecule has 0 unspecified atom stereocenters. The maximum Gasteiger partial charge on any atom is 0.356 e. The fourth-order valence-electron chi connectivity index (χ4n) is 2.25. The van der Waals surface area contributed by atoms with E-state index in [2.05, 4.69) is 11.9 Å². The van der Waals surface area contributed by atoms with Gasteiger partial charge in [-0.2, -0.15) is 0 Å². The number of benzene rings is 1. The average molecular weight is 327 g/mol. The Hall–Kier alpha value is -2.69. The molecule has 0 radical (unpaired) electrons. The molecular weight excluding hydrogens is 306 g/mol. The first-order valence-corrected chi connectivity index (χ1v) is 8.04. The highest BCUT2D eigenvalue weighted by Crippen LogP contribution is 2.22. The summed E-state index contributed by atoms with van der Waals surface area (Å²) in [4.78, 5) is 28.1. The van der Waals surface area contributed by atoms with Gasteiger partial charge in [-0.15, -0.1) is 0 Å². The van der Waals surface area contributed by atoms with E-state index in [1.807, 2.05) is 24.3 Å². The first kappa shape index (κ1) is 17.7. The number of carbonyl (C=O) groups excluding carboxylic acids is 2. The molecule has 1 heterocycles. The SMILES string of the molecule is CCOC(=O)c1cc(-c2ccc(CC)cc2)cc(C(=O)OCC)n1. The highest BCUT2D eigenvalue weighted by molar-refractivity contribution is 5.94. The third kappa shape index (κ3) is 4.19. The average Bonchev–Trinajstić information content (AvgIpc) is 2.62. The van der Waals surface area contributed by atoms with Gasteiger partial charge in [0.15, 0.2) is 0 Å². The molecule has 0 saturated heterocycles. The molecule has 0 N–H and O–H groups in total. The third-order valence-corrected chi connectivity index (χ3v) is 3.49. The molecule has 0 aliphatic rings. The first-order chi connectivity index (χ1) is 11.6. The smallest absolute Gasteiger partial charge is 0.356 e. The van der Waals surface area contributed by atoms with Crippen LogP contribution in [0.4, 0.5) is 0 Å². The molecule has 0 bridgehead atoms. The van der Waals surface area contributed by atoms with Crippen LogP contribution in [0, 0.1) is 0 Å². The number of esters is 2. The Morgan fingerprint density at radius 3 is 1.75 bits per heavy atom. The number of carbonyl (C=O) groups is 2. The molecule has 5 heteroatoms. The number of rotatable bonds is 6. The van der Waals surface area contributed by atoms with Gasteiger partial charge in [-0.25, -0.2) is 14.6 Å². The molecule has 24 heavy (non-hydrogen) atoms. The topological polar surface area (TPSA) is 65.5 Å². The van der Waals surface area contributed by atoms with Crippen molar-refractivity contribution in [2.45, 2.75) is 27.2 Å². The van der Waals surface area contributed by atoms with Crippen LogP contribution < -0.4 is 0 Å². The Balaban J connectivity index is 2.48. The molecule has 5 nitrogen and oxygen atoms in total. The van der Waals surface area contributed by atoms with E-state index in [4.69, 9.17) is 9.47 Å². The maximum absolute atomic E-state index is 12.0. The quantitative estimate of drug-likeness (QED) is 0.758. The zero-order valence-corrected chi connectivity index (χ0v) is 14.2. The second-order valence-corrected chi connectivity index (χ2v) is 5.12. The van der Waals surface area contributed by atoms with Crippen molar-refractivity contribution in [3.05, 3.63) is 53.3 Å². The summed E-state index contributed by atoms with van der Waals surface area (Å²) in [6.45, 7) is 6.00. The molecule has 0 aliphatic carbocycles. The molecular formula is C19H21NO4. The Morgan fingerprint density at radius 2 is 1.33 bits per heavy atom. The van der Waals surface area contributed by atoms with E-state index in [0.29, 0.717) is 0 Å². The van der Waals surface area contributed by atoms with Crippen molar-refractivity contribution in [1.82, 2.24) is 4.98 Å². The molecule has 1 aromatic carbocycles. The van der Waals surface area contributed by atoms with Crippen molar-refractivity contribution in [2.24, 2.45) is 0 Å². The molecule has 0 saturated carbocycles. The van der Waals surface area contributed by atoms with Crippen molar-refractivity contribution in [1.29, 1.82) is 0 Å². The molecule has 2 rings (SSSR count). The minimum absolute atomic E-state index is 0.0944. The molecule has 1 aromatic heterocycles. The van der Waals surface area contributed by atoms with Crippen molar-refractivity contribution >= 4 is 11.9 Å². The van der Waals surface area contributed by atoms with Crippen LogP contribution in [-0.4, -0.2) is 30.1 Å². The number of pyridine rings is 1. The molecule has 0 atom stereocenters. The van der Waals surface area contributed by atoms with E-state index in [0.717, 1.165) is 17.5 Å². The zero-order chi connectivity index (χ0) is 17.5. The van der Waals surface area contributed by atoms with Crippen molar-refractivity contribution in [3.8, 4) is 11.1 Å². The van der Waals surface area contributed by atoms with Crippen LogP contribution in [0.2, 0.25) is 0 Å². The number of hydrogen-bond donors (Lipinski definition) is 0. The number of hydrogen-bond acceptors (Lipinski definition) is 5. The Kier molecular flexibility index (Phi) is 6.07. The van der Waals surface area contributed by atoms with E-state index in [1.165, 1.54) is 5.56 Å². The van der Waals surface area contributed by atoms with Gasteiger partial charge in [0.25, 0.3) is 0 Å². The number of aromatic nitrogens is 1. The predicted octanol–water partition coefficient (Wildman–Crippen LogP) is 3.66. The van der Waals surface area contributed by atoms with Gasteiger partial charge >= 0.3 is 11.9 Å². The van der Waals surface area contributed by atoms with Crippen LogP contribution >= 0.6 is 0 Å². The Bertz CT molecular complexity index is 686. The van der Waals surface area contributed by atoms with E-state index < -0.39 is 11.9 Å². The van der Waals surface area contributed by atoms with E-state index >= 15 is 0 Å². The monoisotopic (exact) mass is 327 g/mol. The summed E-state index contributed by atoms with van der Waals surface area (Å²) in [6.07, 6.45) is 0.943. The van der Waals surface area contributed by atoms with Crippen molar-refractivity contribution in [3.63, 3.8) is 0 Å². The lowest BCUT2D eigenvalue weighted by Crippen LogP contribution is -2.13. The number of ether oxygens (including phenoxy) is 2. The summed E-state index contributed by atoms with van der Waals surface area (Å²) >= 11 is 0. The standard InChI is InChI=1S/C19H21NO4/c1-4-13-7-9-14(10-8-13)15-11-16(18(21)23-5-2)20-17(12-15)19(22)24-6-3/h7-12H,4-6H2,1-3H3. The first-order valence-electron chi connectivity index (χ1n) is 8.04. The van der Waals surface area contributed by atoms with Crippen molar-refractivity contribution < 1.29 is 19.1 Å². The largest absolute Gasteiger partial charge is 0.461 e. The van der Waals surface area contributed by atoms with Crippen LogP contribution in [0.25, 0.3) is 11.1 Å². The highest BCUT2D eigenvalue weighted by Gasteiger charge is 2.17. The van der Waals surface area contributed by atoms with Gasteiger partial charge < -0.3 is 9.47 Å². The van der Waals surface area contributed by atoms with Crippen molar-refractivity contribution in [2.75, 3.05) is 13.2 Å². The van der Waals surface area contributed by atoms with Crippen LogP contribution in [-0.2, 0) is 15.9 Å². The summed E-state index contributed by atoms with van der Waals surface area (Å²) in [6, 6.07) is 11.2. The summed E-state index contributed by atoms with van der Waals surface area (Å²) in [7, 11) is 0. The lowest BCUT2D eigenvalue weighted by atomic mass is 10.0. The highest BCUT2D eigenvalue weighted by atomic mass is 16.5. The van der Waals surface area contributed by atoms with Gasteiger partial charge in [0.1, 0.15) is 11.4 Å².